The van der Waals surface area contributed by atoms with E-state index < -0.39 is 0 Å². The second-order valence-corrected chi connectivity index (χ2v) is 6.05. The van der Waals surface area contributed by atoms with Crippen LogP contribution in [0.15, 0.2) is 11.6 Å². The quantitative estimate of drug-likeness (QED) is 0.585. The first-order valence-corrected chi connectivity index (χ1v) is 7.82. The number of hydrogen-bond donors (Lipinski definition) is 0. The van der Waals surface area contributed by atoms with E-state index in [1.807, 2.05) is 0 Å². The van der Waals surface area contributed by atoms with E-state index in [-0.39, 0.29) is 5.60 Å². The Labute approximate surface area is 113 Å². The van der Waals surface area contributed by atoms with Gasteiger partial charge in [-0.15, -0.1) is 0 Å². The molecule has 2 heterocycles. The molecule has 2 rings (SSSR count). The maximum absolute atomic E-state index is 6.07. The summed E-state index contributed by atoms with van der Waals surface area (Å²) in [6.07, 6.45) is 8.07. The van der Waals surface area contributed by atoms with Crippen LogP contribution in [0, 0.1) is 5.92 Å². The molecule has 0 saturated carbocycles. The van der Waals surface area contributed by atoms with E-state index in [4.69, 9.17) is 9.47 Å². The average molecular weight is 303 g/mol. The summed E-state index contributed by atoms with van der Waals surface area (Å²) < 4.78 is 11.5. The lowest BCUT2D eigenvalue weighted by Crippen LogP contribution is -2.44. The topological polar surface area (TPSA) is 18.5 Å². The molecule has 17 heavy (non-hydrogen) atoms. The molecule has 0 aromatic rings. The van der Waals surface area contributed by atoms with Gasteiger partial charge in [-0.25, -0.2) is 0 Å². The molecular formula is C14H23BrO2. The lowest BCUT2D eigenvalue weighted by molar-refractivity contribution is -0.143. The molecule has 1 atom stereocenters. The van der Waals surface area contributed by atoms with E-state index >= 15 is 0 Å². The van der Waals surface area contributed by atoms with Crippen LogP contribution in [-0.4, -0.2) is 30.8 Å². The van der Waals surface area contributed by atoms with Gasteiger partial charge >= 0.3 is 0 Å². The lowest BCUT2D eigenvalue weighted by Gasteiger charge is -2.43. The van der Waals surface area contributed by atoms with Gasteiger partial charge in [0.15, 0.2) is 0 Å². The number of hydrogen-bond acceptors (Lipinski definition) is 2. The van der Waals surface area contributed by atoms with Crippen LogP contribution in [0.4, 0.5) is 0 Å². The summed E-state index contributed by atoms with van der Waals surface area (Å²) in [5, 5.41) is 1.06. The fourth-order valence-electron chi connectivity index (χ4n) is 2.96. The van der Waals surface area contributed by atoms with E-state index in [1.165, 1.54) is 12.8 Å². The van der Waals surface area contributed by atoms with Crippen molar-refractivity contribution in [2.75, 3.05) is 25.2 Å². The van der Waals surface area contributed by atoms with Gasteiger partial charge in [-0.05, 0) is 44.9 Å². The molecule has 0 bridgehead atoms. The molecule has 0 aromatic carbocycles. The minimum Gasteiger partial charge on any atom is -0.381 e. The zero-order valence-electron chi connectivity index (χ0n) is 10.7. The second-order valence-electron chi connectivity index (χ2n) is 5.26. The van der Waals surface area contributed by atoms with E-state index in [1.54, 1.807) is 5.57 Å². The van der Waals surface area contributed by atoms with Gasteiger partial charge in [0.2, 0.25) is 0 Å². The molecule has 2 aliphatic heterocycles. The summed E-state index contributed by atoms with van der Waals surface area (Å²) >= 11 is 3.49. The zero-order valence-corrected chi connectivity index (χ0v) is 12.3. The Kier molecular flexibility index (Phi) is 5.07. The highest BCUT2D eigenvalue weighted by atomic mass is 79.9. The molecule has 0 radical (unpaired) electrons. The molecule has 2 fully saturated rings. The predicted octanol–water partition coefficient (Wildman–Crippen LogP) is 3.69. The maximum Gasteiger partial charge on any atom is 0.0732 e. The first-order valence-electron chi connectivity index (χ1n) is 6.70. The van der Waals surface area contributed by atoms with Crippen molar-refractivity contribution in [2.45, 2.75) is 44.6 Å². The van der Waals surface area contributed by atoms with Crippen LogP contribution in [0.5, 0.6) is 0 Å². The zero-order chi connectivity index (χ0) is 12.1. The van der Waals surface area contributed by atoms with Gasteiger partial charge in [-0.1, -0.05) is 27.6 Å². The van der Waals surface area contributed by atoms with Crippen molar-refractivity contribution in [1.82, 2.24) is 0 Å². The molecule has 2 aliphatic rings. The van der Waals surface area contributed by atoms with Crippen LogP contribution < -0.4 is 0 Å². The molecule has 0 N–H and O–H groups in total. The number of alkyl halides is 1. The molecular weight excluding hydrogens is 280 g/mol. The predicted molar refractivity (Wildman–Crippen MR) is 73.6 cm³/mol. The molecule has 2 saturated heterocycles. The van der Waals surface area contributed by atoms with Crippen molar-refractivity contribution in [3.63, 3.8) is 0 Å². The fourth-order valence-corrected chi connectivity index (χ4v) is 3.19. The Balaban J connectivity index is 1.96. The summed E-state index contributed by atoms with van der Waals surface area (Å²) in [6.45, 7) is 4.95. The first kappa shape index (κ1) is 13.6. The van der Waals surface area contributed by atoms with Crippen molar-refractivity contribution in [1.29, 1.82) is 0 Å². The largest absolute Gasteiger partial charge is 0.381 e. The summed E-state index contributed by atoms with van der Waals surface area (Å²) in [4.78, 5) is 0. The lowest BCUT2D eigenvalue weighted by atomic mass is 9.78. The molecule has 0 aromatic heterocycles. The van der Waals surface area contributed by atoms with Crippen LogP contribution in [0.2, 0.25) is 0 Å². The molecule has 1 spiro atoms. The Morgan fingerprint density at radius 1 is 1.35 bits per heavy atom. The van der Waals surface area contributed by atoms with Crippen LogP contribution in [-0.2, 0) is 9.47 Å². The minimum atomic E-state index is 0.130. The van der Waals surface area contributed by atoms with Crippen LogP contribution >= 0.6 is 15.9 Å². The number of halogens is 1. The number of allylic oxidation sites excluding steroid dienone is 2. The maximum atomic E-state index is 6.07. The summed E-state index contributed by atoms with van der Waals surface area (Å²) in [5.74, 6) is 0.723. The van der Waals surface area contributed by atoms with Gasteiger partial charge in [0.25, 0.3) is 0 Å². The number of ether oxygens (including phenoxy) is 2. The normalized spacial score (nSPS) is 29.5. The highest BCUT2D eigenvalue weighted by molar-refractivity contribution is 9.09. The van der Waals surface area contributed by atoms with E-state index in [2.05, 4.69) is 28.9 Å². The van der Waals surface area contributed by atoms with Crippen molar-refractivity contribution in [3.05, 3.63) is 11.6 Å². The van der Waals surface area contributed by atoms with Crippen molar-refractivity contribution < 1.29 is 9.47 Å². The standard InChI is InChI=1S/C14H23BrO2/c1-12(3-2-7-15)13-4-8-17-14(11-13)5-9-16-10-6-14/h3,13H,2,4-11H2,1H3. The average Bonchev–Trinajstić information content (AvgIpc) is 2.37. The molecule has 98 valence electrons. The Hall–Kier alpha value is 0.140. The smallest absolute Gasteiger partial charge is 0.0732 e. The molecule has 1 unspecified atom stereocenters. The van der Waals surface area contributed by atoms with E-state index in [9.17, 15) is 0 Å². The van der Waals surface area contributed by atoms with Crippen LogP contribution in [0.3, 0.4) is 0 Å². The minimum absolute atomic E-state index is 0.130. The van der Waals surface area contributed by atoms with Gasteiger partial charge < -0.3 is 9.47 Å². The van der Waals surface area contributed by atoms with Crippen LogP contribution in [0.25, 0.3) is 0 Å². The van der Waals surface area contributed by atoms with Crippen molar-refractivity contribution in [3.8, 4) is 0 Å². The Morgan fingerprint density at radius 2 is 2.12 bits per heavy atom. The fraction of sp³-hybridized carbons (Fsp3) is 0.857. The van der Waals surface area contributed by atoms with Gasteiger partial charge in [-0.2, -0.15) is 0 Å². The molecule has 3 heteroatoms. The van der Waals surface area contributed by atoms with Crippen LogP contribution in [0.1, 0.15) is 39.0 Å². The van der Waals surface area contributed by atoms with Gasteiger partial charge in [0, 0.05) is 25.2 Å². The Morgan fingerprint density at radius 3 is 2.82 bits per heavy atom. The molecule has 2 nitrogen and oxygen atoms in total. The highest BCUT2D eigenvalue weighted by Crippen LogP contribution is 2.39. The monoisotopic (exact) mass is 302 g/mol. The number of rotatable bonds is 3. The summed E-state index contributed by atoms with van der Waals surface area (Å²) in [5.41, 5.74) is 1.68. The molecule has 0 aliphatic carbocycles. The van der Waals surface area contributed by atoms with E-state index in [0.717, 1.165) is 50.3 Å². The third-order valence-corrected chi connectivity index (χ3v) is 4.57. The first-order chi connectivity index (χ1) is 8.26. The van der Waals surface area contributed by atoms with Gasteiger partial charge in [0.1, 0.15) is 0 Å². The van der Waals surface area contributed by atoms with Crippen molar-refractivity contribution >= 4 is 15.9 Å². The van der Waals surface area contributed by atoms with Crippen molar-refractivity contribution in [2.24, 2.45) is 5.92 Å². The Bertz CT molecular complexity index is 264. The summed E-state index contributed by atoms with van der Waals surface area (Å²) in [7, 11) is 0. The van der Waals surface area contributed by atoms with Gasteiger partial charge in [-0.3, -0.25) is 0 Å². The summed E-state index contributed by atoms with van der Waals surface area (Å²) in [6, 6.07) is 0. The second kappa shape index (κ2) is 6.35. The van der Waals surface area contributed by atoms with Gasteiger partial charge in [0.05, 0.1) is 5.60 Å². The SMILES string of the molecule is CC(=CCCBr)C1CCOC2(CCOCC2)C1. The highest BCUT2D eigenvalue weighted by Gasteiger charge is 2.39. The van der Waals surface area contributed by atoms with E-state index in [0.29, 0.717) is 0 Å². The third kappa shape index (κ3) is 3.55. The molecule has 0 amide bonds. The third-order valence-electron chi connectivity index (χ3n) is 4.12.